The van der Waals surface area contributed by atoms with E-state index in [-0.39, 0.29) is 5.56 Å². The summed E-state index contributed by atoms with van der Waals surface area (Å²) in [5, 5.41) is 9.01. The zero-order valence-corrected chi connectivity index (χ0v) is 10.2. The minimum atomic E-state index is -0.975. The minimum Gasteiger partial charge on any atom is -0.478 e. The Kier molecular flexibility index (Phi) is 2.96. The van der Waals surface area contributed by atoms with Gasteiger partial charge in [-0.1, -0.05) is 6.92 Å². The predicted octanol–water partition coefficient (Wildman–Crippen LogP) is 2.06. The van der Waals surface area contributed by atoms with Crippen LogP contribution in [-0.4, -0.2) is 24.7 Å². The standard InChI is InChI=1S/C13H18N2O2/c1-8-5-9(8)7-15(2)10-3-4-12(14)11(6-10)13(16)17/h3-4,6,8-9H,5,7,14H2,1-2H3,(H,16,17). The van der Waals surface area contributed by atoms with E-state index in [4.69, 9.17) is 10.8 Å². The summed E-state index contributed by atoms with van der Waals surface area (Å²) < 4.78 is 0. The van der Waals surface area contributed by atoms with Crippen LogP contribution in [0.25, 0.3) is 0 Å². The third-order valence-electron chi connectivity index (χ3n) is 3.49. The normalized spacial score (nSPS) is 22.2. The van der Waals surface area contributed by atoms with E-state index in [0.29, 0.717) is 5.69 Å². The number of carboxylic acid groups (broad SMARTS) is 1. The fraction of sp³-hybridized carbons (Fsp3) is 0.462. The van der Waals surface area contributed by atoms with Gasteiger partial charge in [0.25, 0.3) is 0 Å². The molecule has 0 bridgehead atoms. The molecular weight excluding hydrogens is 216 g/mol. The lowest BCUT2D eigenvalue weighted by molar-refractivity contribution is 0.0698. The summed E-state index contributed by atoms with van der Waals surface area (Å²) >= 11 is 0. The summed E-state index contributed by atoms with van der Waals surface area (Å²) in [7, 11) is 1.99. The Labute approximate surface area is 101 Å². The summed E-state index contributed by atoms with van der Waals surface area (Å²) in [4.78, 5) is 13.1. The molecule has 2 unspecified atom stereocenters. The van der Waals surface area contributed by atoms with E-state index < -0.39 is 5.97 Å². The van der Waals surface area contributed by atoms with Crippen molar-refractivity contribution < 1.29 is 9.90 Å². The van der Waals surface area contributed by atoms with Gasteiger partial charge in [0.2, 0.25) is 0 Å². The van der Waals surface area contributed by atoms with Crippen LogP contribution in [0.5, 0.6) is 0 Å². The molecule has 0 heterocycles. The second kappa shape index (κ2) is 4.28. The molecule has 0 amide bonds. The van der Waals surface area contributed by atoms with Gasteiger partial charge in [-0.3, -0.25) is 0 Å². The van der Waals surface area contributed by atoms with Crippen LogP contribution in [0.1, 0.15) is 23.7 Å². The first kappa shape index (κ1) is 11.8. The lowest BCUT2D eigenvalue weighted by Crippen LogP contribution is -2.21. The average Bonchev–Trinajstić information content (AvgIpc) is 2.94. The summed E-state index contributed by atoms with van der Waals surface area (Å²) in [6, 6.07) is 5.17. The molecule has 1 aromatic rings. The van der Waals surface area contributed by atoms with Crippen molar-refractivity contribution >= 4 is 17.3 Å². The quantitative estimate of drug-likeness (QED) is 0.782. The molecule has 17 heavy (non-hydrogen) atoms. The molecule has 3 N–H and O–H groups in total. The summed E-state index contributed by atoms with van der Waals surface area (Å²) in [5.41, 5.74) is 7.03. The molecule has 1 saturated carbocycles. The number of carbonyl (C=O) groups is 1. The number of hydrogen-bond acceptors (Lipinski definition) is 3. The Balaban J connectivity index is 2.14. The number of benzene rings is 1. The number of carboxylic acids is 1. The molecule has 4 nitrogen and oxygen atoms in total. The number of nitrogens with two attached hydrogens (primary N) is 1. The Hall–Kier alpha value is -1.71. The Morgan fingerprint density at radius 2 is 2.24 bits per heavy atom. The van der Waals surface area contributed by atoms with Crippen LogP contribution in [0.3, 0.4) is 0 Å². The SMILES string of the molecule is CC1CC1CN(C)c1ccc(N)c(C(=O)O)c1. The highest BCUT2D eigenvalue weighted by Gasteiger charge is 2.33. The first-order chi connectivity index (χ1) is 7.99. The maximum atomic E-state index is 11.0. The first-order valence-electron chi connectivity index (χ1n) is 5.83. The zero-order chi connectivity index (χ0) is 12.6. The van der Waals surface area contributed by atoms with Crippen molar-refractivity contribution in [2.75, 3.05) is 24.2 Å². The molecule has 92 valence electrons. The first-order valence-corrected chi connectivity index (χ1v) is 5.83. The van der Waals surface area contributed by atoms with E-state index in [2.05, 4.69) is 11.8 Å². The summed E-state index contributed by atoms with van der Waals surface area (Å²) in [6.45, 7) is 3.22. The molecule has 0 radical (unpaired) electrons. The van der Waals surface area contributed by atoms with Crippen molar-refractivity contribution in [1.29, 1.82) is 0 Å². The molecule has 1 aliphatic carbocycles. The Morgan fingerprint density at radius 3 is 2.76 bits per heavy atom. The molecule has 0 spiro atoms. The van der Waals surface area contributed by atoms with Gasteiger partial charge in [-0.05, 0) is 36.5 Å². The van der Waals surface area contributed by atoms with Crippen LogP contribution in [0, 0.1) is 11.8 Å². The van der Waals surface area contributed by atoms with E-state index in [1.54, 1.807) is 12.1 Å². The lowest BCUT2D eigenvalue weighted by Gasteiger charge is -2.20. The largest absolute Gasteiger partial charge is 0.478 e. The molecule has 4 heteroatoms. The molecule has 1 aromatic carbocycles. The second-order valence-electron chi connectivity index (χ2n) is 4.93. The molecular formula is C13H18N2O2. The van der Waals surface area contributed by atoms with Crippen LogP contribution < -0.4 is 10.6 Å². The van der Waals surface area contributed by atoms with Crippen molar-refractivity contribution in [3.05, 3.63) is 23.8 Å². The summed E-state index contributed by atoms with van der Waals surface area (Å²) in [5.74, 6) is 0.563. The molecule has 0 aromatic heterocycles. The van der Waals surface area contributed by atoms with E-state index in [9.17, 15) is 4.79 Å². The van der Waals surface area contributed by atoms with Crippen molar-refractivity contribution in [3.63, 3.8) is 0 Å². The predicted molar refractivity (Wildman–Crippen MR) is 68.4 cm³/mol. The van der Waals surface area contributed by atoms with Gasteiger partial charge in [0.05, 0.1) is 5.56 Å². The highest BCUT2D eigenvalue weighted by atomic mass is 16.4. The molecule has 2 rings (SSSR count). The molecule has 2 atom stereocenters. The summed E-state index contributed by atoms with van der Waals surface area (Å²) in [6.07, 6.45) is 1.27. The van der Waals surface area contributed by atoms with Gasteiger partial charge in [0.1, 0.15) is 0 Å². The fourth-order valence-electron chi connectivity index (χ4n) is 2.08. The van der Waals surface area contributed by atoms with Gasteiger partial charge in [-0.25, -0.2) is 4.79 Å². The highest BCUT2D eigenvalue weighted by molar-refractivity contribution is 5.94. The van der Waals surface area contributed by atoms with Crippen molar-refractivity contribution in [1.82, 2.24) is 0 Å². The van der Waals surface area contributed by atoms with Gasteiger partial charge in [0.15, 0.2) is 0 Å². The fourth-order valence-corrected chi connectivity index (χ4v) is 2.08. The molecule has 1 aliphatic rings. The number of nitrogens with zero attached hydrogens (tertiary/aromatic N) is 1. The van der Waals surface area contributed by atoms with Crippen molar-refractivity contribution in [2.24, 2.45) is 11.8 Å². The van der Waals surface area contributed by atoms with Crippen molar-refractivity contribution in [3.8, 4) is 0 Å². The van der Waals surface area contributed by atoms with E-state index in [0.717, 1.165) is 24.1 Å². The number of rotatable bonds is 4. The second-order valence-corrected chi connectivity index (χ2v) is 4.93. The van der Waals surface area contributed by atoms with Crippen LogP contribution >= 0.6 is 0 Å². The third kappa shape index (κ3) is 2.52. The lowest BCUT2D eigenvalue weighted by atomic mass is 10.1. The maximum Gasteiger partial charge on any atom is 0.337 e. The zero-order valence-electron chi connectivity index (χ0n) is 10.2. The third-order valence-corrected chi connectivity index (χ3v) is 3.49. The van der Waals surface area contributed by atoms with Gasteiger partial charge in [0, 0.05) is 25.0 Å². The van der Waals surface area contributed by atoms with Gasteiger partial charge in [-0.15, -0.1) is 0 Å². The monoisotopic (exact) mass is 234 g/mol. The Morgan fingerprint density at radius 1 is 1.59 bits per heavy atom. The van der Waals surface area contributed by atoms with E-state index >= 15 is 0 Å². The van der Waals surface area contributed by atoms with E-state index in [1.165, 1.54) is 6.42 Å². The molecule has 0 aliphatic heterocycles. The van der Waals surface area contributed by atoms with Crippen LogP contribution in [0.2, 0.25) is 0 Å². The van der Waals surface area contributed by atoms with Gasteiger partial charge < -0.3 is 15.7 Å². The van der Waals surface area contributed by atoms with Gasteiger partial charge >= 0.3 is 5.97 Å². The van der Waals surface area contributed by atoms with Crippen LogP contribution in [-0.2, 0) is 0 Å². The average molecular weight is 234 g/mol. The topological polar surface area (TPSA) is 66.6 Å². The molecule has 1 fully saturated rings. The maximum absolute atomic E-state index is 11.0. The Bertz CT molecular complexity index is 445. The highest BCUT2D eigenvalue weighted by Crippen LogP contribution is 2.38. The number of aromatic carboxylic acids is 1. The van der Waals surface area contributed by atoms with Gasteiger partial charge in [-0.2, -0.15) is 0 Å². The number of anilines is 2. The minimum absolute atomic E-state index is 0.179. The van der Waals surface area contributed by atoms with Crippen LogP contribution in [0.15, 0.2) is 18.2 Å². The smallest absolute Gasteiger partial charge is 0.337 e. The van der Waals surface area contributed by atoms with Crippen molar-refractivity contribution in [2.45, 2.75) is 13.3 Å². The van der Waals surface area contributed by atoms with Crippen LogP contribution in [0.4, 0.5) is 11.4 Å². The van der Waals surface area contributed by atoms with E-state index in [1.807, 2.05) is 13.1 Å². The number of hydrogen-bond donors (Lipinski definition) is 2. The number of nitrogen functional groups attached to an aromatic ring is 1. The molecule has 0 saturated heterocycles.